The molecule has 1 unspecified atom stereocenters. The molecule has 6 heteroatoms. The highest BCUT2D eigenvalue weighted by Crippen LogP contribution is 2.35. The highest BCUT2D eigenvalue weighted by Gasteiger charge is 2.29. The molecule has 1 aromatic carbocycles. The number of alkyl halides is 3. The number of ether oxygens (including phenoxy) is 2. The second-order valence-corrected chi connectivity index (χ2v) is 5.06. The Hall–Kier alpha value is -1.43. The average Bonchev–Trinajstić information content (AvgIpc) is 2.46. The molecule has 2 rings (SSSR count). The van der Waals surface area contributed by atoms with E-state index in [-0.39, 0.29) is 12.5 Å². The molecule has 0 saturated heterocycles. The van der Waals surface area contributed by atoms with Crippen LogP contribution in [0.25, 0.3) is 0 Å². The molecule has 0 bridgehead atoms. The van der Waals surface area contributed by atoms with Crippen LogP contribution in [0.3, 0.4) is 0 Å². The molecule has 1 aliphatic heterocycles. The zero-order valence-electron chi connectivity index (χ0n) is 12.0. The molecule has 0 amide bonds. The Morgan fingerprint density at radius 1 is 1.19 bits per heavy atom. The van der Waals surface area contributed by atoms with E-state index in [9.17, 15) is 13.2 Å². The van der Waals surface area contributed by atoms with Crippen LogP contribution in [0.2, 0.25) is 0 Å². The summed E-state index contributed by atoms with van der Waals surface area (Å²) in [7, 11) is 0. The number of nitrogens with one attached hydrogen (secondary N) is 1. The predicted octanol–water partition coefficient (Wildman–Crippen LogP) is 3.84. The molecule has 21 heavy (non-hydrogen) atoms. The molecule has 1 aromatic rings. The first kappa shape index (κ1) is 15.9. The van der Waals surface area contributed by atoms with Crippen LogP contribution in [-0.2, 0) is 0 Å². The van der Waals surface area contributed by atoms with Gasteiger partial charge in [0.25, 0.3) is 0 Å². The fourth-order valence-electron chi connectivity index (χ4n) is 2.29. The van der Waals surface area contributed by atoms with Crippen molar-refractivity contribution in [2.45, 2.75) is 38.4 Å². The summed E-state index contributed by atoms with van der Waals surface area (Å²) < 4.78 is 48.3. The molecule has 0 aliphatic carbocycles. The minimum Gasteiger partial charge on any atom is -0.486 e. The minimum atomic E-state index is -4.14. The predicted molar refractivity (Wildman–Crippen MR) is 73.8 cm³/mol. The van der Waals surface area contributed by atoms with E-state index in [4.69, 9.17) is 9.47 Å². The van der Waals surface area contributed by atoms with Crippen LogP contribution < -0.4 is 14.8 Å². The molecule has 0 saturated carbocycles. The Morgan fingerprint density at radius 3 is 2.57 bits per heavy atom. The summed E-state index contributed by atoms with van der Waals surface area (Å²) in [6, 6.07) is 5.01. The fourth-order valence-corrected chi connectivity index (χ4v) is 2.29. The van der Waals surface area contributed by atoms with E-state index in [0.29, 0.717) is 31.3 Å². The Labute approximate surface area is 122 Å². The second-order valence-electron chi connectivity index (χ2n) is 5.06. The number of hydrogen-bond acceptors (Lipinski definition) is 3. The van der Waals surface area contributed by atoms with E-state index >= 15 is 0 Å². The maximum Gasteiger partial charge on any atom is 0.389 e. The van der Waals surface area contributed by atoms with Crippen molar-refractivity contribution in [1.82, 2.24) is 5.32 Å². The summed E-state index contributed by atoms with van der Waals surface area (Å²) in [6.45, 7) is 3.62. The summed E-state index contributed by atoms with van der Waals surface area (Å²) in [5.41, 5.74) is 0.803. The largest absolute Gasteiger partial charge is 0.486 e. The number of halogens is 3. The van der Waals surface area contributed by atoms with Crippen LogP contribution in [0.1, 0.15) is 37.8 Å². The molecule has 1 aliphatic rings. The van der Waals surface area contributed by atoms with Crippen molar-refractivity contribution >= 4 is 0 Å². The molecule has 0 aromatic heterocycles. The molecule has 1 atom stereocenters. The molecule has 0 spiro atoms. The number of hydrogen-bond donors (Lipinski definition) is 1. The first-order valence-corrected chi connectivity index (χ1v) is 7.19. The van der Waals surface area contributed by atoms with Gasteiger partial charge in [-0.2, -0.15) is 13.2 Å². The van der Waals surface area contributed by atoms with Gasteiger partial charge in [-0.1, -0.05) is 13.0 Å². The number of rotatable bonds is 6. The lowest BCUT2D eigenvalue weighted by molar-refractivity contribution is -0.136. The summed E-state index contributed by atoms with van der Waals surface area (Å²) >= 11 is 0. The van der Waals surface area contributed by atoms with E-state index in [2.05, 4.69) is 5.32 Å². The molecule has 118 valence electrons. The molecule has 1 heterocycles. The Kier molecular flexibility index (Phi) is 5.33. The molecular weight excluding hydrogens is 283 g/mol. The fraction of sp³-hybridized carbons (Fsp3) is 0.600. The maximum atomic E-state index is 12.5. The Morgan fingerprint density at radius 2 is 1.90 bits per heavy atom. The summed E-state index contributed by atoms with van der Waals surface area (Å²) in [6.07, 6.45) is -4.06. The van der Waals surface area contributed by atoms with Crippen LogP contribution in [-0.4, -0.2) is 25.9 Å². The van der Waals surface area contributed by atoms with Crippen molar-refractivity contribution in [2.75, 3.05) is 19.8 Å². The highest BCUT2D eigenvalue weighted by molar-refractivity contribution is 5.44. The summed E-state index contributed by atoms with van der Waals surface area (Å²) in [5.74, 6) is 1.25. The Bertz CT molecular complexity index is 463. The van der Waals surface area contributed by atoms with E-state index in [1.54, 1.807) is 18.2 Å². The first-order valence-electron chi connectivity index (χ1n) is 7.19. The van der Waals surface area contributed by atoms with Gasteiger partial charge in [0.15, 0.2) is 11.5 Å². The SMILES string of the molecule is CCCNC(CCC(F)(F)F)c1ccc2c(c1)OCCO2. The lowest BCUT2D eigenvalue weighted by atomic mass is 10.0. The van der Waals surface area contributed by atoms with E-state index in [1.165, 1.54) is 0 Å². The molecule has 1 N–H and O–H groups in total. The van der Waals surface area contributed by atoms with E-state index < -0.39 is 12.6 Å². The van der Waals surface area contributed by atoms with Gasteiger partial charge in [-0.15, -0.1) is 0 Å². The highest BCUT2D eigenvalue weighted by atomic mass is 19.4. The van der Waals surface area contributed by atoms with Gasteiger partial charge in [-0.25, -0.2) is 0 Å². The zero-order valence-corrected chi connectivity index (χ0v) is 12.0. The van der Waals surface area contributed by atoms with Crippen LogP contribution in [0, 0.1) is 0 Å². The maximum absolute atomic E-state index is 12.5. The van der Waals surface area contributed by atoms with Gasteiger partial charge >= 0.3 is 6.18 Å². The van der Waals surface area contributed by atoms with Crippen molar-refractivity contribution in [2.24, 2.45) is 0 Å². The van der Waals surface area contributed by atoms with Crippen molar-refractivity contribution in [3.05, 3.63) is 23.8 Å². The van der Waals surface area contributed by atoms with Crippen LogP contribution in [0.15, 0.2) is 18.2 Å². The summed E-state index contributed by atoms with van der Waals surface area (Å²) in [5, 5.41) is 3.17. The topological polar surface area (TPSA) is 30.5 Å². The Balaban J connectivity index is 2.11. The number of fused-ring (bicyclic) bond motifs is 1. The normalized spacial score (nSPS) is 15.8. The third-order valence-corrected chi connectivity index (χ3v) is 3.33. The second kappa shape index (κ2) is 7.02. The van der Waals surface area contributed by atoms with Gasteiger partial charge in [-0.3, -0.25) is 0 Å². The molecule has 3 nitrogen and oxygen atoms in total. The first-order chi connectivity index (χ1) is 9.99. The smallest absolute Gasteiger partial charge is 0.389 e. The summed E-state index contributed by atoms with van der Waals surface area (Å²) in [4.78, 5) is 0. The van der Waals surface area contributed by atoms with Crippen molar-refractivity contribution < 1.29 is 22.6 Å². The van der Waals surface area contributed by atoms with Gasteiger partial charge in [-0.05, 0) is 37.1 Å². The zero-order chi connectivity index (χ0) is 15.3. The van der Waals surface area contributed by atoms with Gasteiger partial charge < -0.3 is 14.8 Å². The number of benzene rings is 1. The lowest BCUT2D eigenvalue weighted by Crippen LogP contribution is -2.24. The van der Waals surface area contributed by atoms with E-state index in [1.807, 2.05) is 6.92 Å². The van der Waals surface area contributed by atoms with Crippen molar-refractivity contribution in [3.63, 3.8) is 0 Å². The minimum absolute atomic E-state index is 0.0170. The monoisotopic (exact) mass is 303 g/mol. The van der Waals surface area contributed by atoms with Crippen molar-refractivity contribution in [1.29, 1.82) is 0 Å². The quantitative estimate of drug-likeness (QED) is 0.866. The van der Waals surface area contributed by atoms with Crippen LogP contribution in [0.5, 0.6) is 11.5 Å². The van der Waals surface area contributed by atoms with Crippen LogP contribution in [0.4, 0.5) is 13.2 Å². The van der Waals surface area contributed by atoms with Crippen molar-refractivity contribution in [3.8, 4) is 11.5 Å². The third-order valence-electron chi connectivity index (χ3n) is 3.33. The van der Waals surface area contributed by atoms with Crippen LogP contribution >= 0.6 is 0 Å². The van der Waals surface area contributed by atoms with Gasteiger partial charge in [0.2, 0.25) is 0 Å². The molecule has 0 radical (unpaired) electrons. The lowest BCUT2D eigenvalue weighted by Gasteiger charge is -2.23. The molecule has 0 fully saturated rings. The molecular formula is C15H20F3NO2. The third kappa shape index (κ3) is 4.81. The standard InChI is InChI=1S/C15H20F3NO2/c1-2-7-19-12(5-6-15(16,17)18)11-3-4-13-14(10-11)21-9-8-20-13/h3-4,10,12,19H,2,5-9H2,1H3. The van der Waals surface area contributed by atoms with Gasteiger partial charge in [0.05, 0.1) is 0 Å². The average molecular weight is 303 g/mol. The van der Waals surface area contributed by atoms with Gasteiger partial charge in [0, 0.05) is 12.5 Å². The van der Waals surface area contributed by atoms with Gasteiger partial charge in [0.1, 0.15) is 13.2 Å². The van der Waals surface area contributed by atoms with E-state index in [0.717, 1.165) is 12.0 Å².